The Morgan fingerprint density at radius 2 is 1.68 bits per heavy atom. The summed E-state index contributed by atoms with van der Waals surface area (Å²) in [5.74, 6) is -0.896. The van der Waals surface area contributed by atoms with E-state index in [9.17, 15) is 14.4 Å². The van der Waals surface area contributed by atoms with Crippen LogP contribution in [0.3, 0.4) is 0 Å². The fourth-order valence-corrected chi connectivity index (χ4v) is 3.81. The number of carbonyl (C=O) groups excluding carboxylic acids is 3. The molecule has 1 aliphatic rings. The SMILES string of the molecule is Cc1ccc(C2(C)NC(=O)N(CC(=O)N(CCC#N)c3cc(C)cc(C)c3)C2=O)cc1. The molecule has 0 saturated carbocycles. The molecule has 160 valence electrons. The first-order valence-corrected chi connectivity index (χ1v) is 10.1. The lowest BCUT2D eigenvalue weighted by atomic mass is 9.91. The van der Waals surface area contributed by atoms with Crippen LogP contribution in [0, 0.1) is 32.1 Å². The van der Waals surface area contributed by atoms with Gasteiger partial charge in [-0.3, -0.25) is 14.5 Å². The van der Waals surface area contributed by atoms with Crippen LogP contribution in [0.4, 0.5) is 10.5 Å². The molecule has 3 rings (SSSR count). The monoisotopic (exact) mass is 418 g/mol. The maximum absolute atomic E-state index is 13.2. The number of benzene rings is 2. The highest BCUT2D eigenvalue weighted by Crippen LogP contribution is 2.29. The second-order valence-corrected chi connectivity index (χ2v) is 8.11. The smallest absolute Gasteiger partial charge is 0.319 e. The standard InChI is InChI=1S/C24H26N4O3/c1-16-6-8-19(9-7-16)24(4)22(30)28(23(31)26-24)15-21(29)27(11-5-10-25)20-13-17(2)12-18(3)14-20/h6-9,12-14H,5,11,15H2,1-4H3,(H,26,31). The third kappa shape index (κ3) is 4.43. The van der Waals surface area contributed by atoms with Gasteiger partial charge in [0.1, 0.15) is 12.1 Å². The number of nitrogens with one attached hydrogen (secondary N) is 1. The summed E-state index contributed by atoms with van der Waals surface area (Å²) < 4.78 is 0. The quantitative estimate of drug-likeness (QED) is 0.728. The summed E-state index contributed by atoms with van der Waals surface area (Å²) in [7, 11) is 0. The van der Waals surface area contributed by atoms with E-state index in [4.69, 9.17) is 5.26 Å². The van der Waals surface area contributed by atoms with Crippen LogP contribution in [-0.2, 0) is 15.1 Å². The molecule has 1 unspecified atom stereocenters. The normalized spacial score (nSPS) is 18.0. The van der Waals surface area contributed by atoms with Gasteiger partial charge in [0.2, 0.25) is 5.91 Å². The summed E-state index contributed by atoms with van der Waals surface area (Å²) in [5, 5.41) is 11.7. The summed E-state index contributed by atoms with van der Waals surface area (Å²) in [6, 6.07) is 14.5. The maximum Gasteiger partial charge on any atom is 0.325 e. The van der Waals surface area contributed by atoms with Gasteiger partial charge in [-0.2, -0.15) is 5.26 Å². The molecular weight excluding hydrogens is 392 g/mol. The van der Waals surface area contributed by atoms with Crippen molar-refractivity contribution in [1.29, 1.82) is 5.26 Å². The van der Waals surface area contributed by atoms with E-state index < -0.39 is 29.9 Å². The van der Waals surface area contributed by atoms with Gasteiger partial charge in [0, 0.05) is 12.2 Å². The first-order chi connectivity index (χ1) is 14.7. The Morgan fingerprint density at radius 3 is 2.26 bits per heavy atom. The van der Waals surface area contributed by atoms with Gasteiger partial charge >= 0.3 is 6.03 Å². The van der Waals surface area contributed by atoms with Gasteiger partial charge in [0.05, 0.1) is 12.5 Å². The van der Waals surface area contributed by atoms with E-state index in [-0.39, 0.29) is 13.0 Å². The number of aryl methyl sites for hydroxylation is 3. The second kappa shape index (κ2) is 8.60. The highest BCUT2D eigenvalue weighted by atomic mass is 16.2. The van der Waals surface area contributed by atoms with Gasteiger partial charge in [-0.15, -0.1) is 0 Å². The summed E-state index contributed by atoms with van der Waals surface area (Å²) in [6.07, 6.45) is 0.139. The fourth-order valence-electron chi connectivity index (χ4n) is 3.81. The van der Waals surface area contributed by atoms with Crippen molar-refractivity contribution in [3.05, 3.63) is 64.7 Å². The van der Waals surface area contributed by atoms with Crippen LogP contribution < -0.4 is 10.2 Å². The fraction of sp³-hybridized carbons (Fsp3) is 0.333. The Hall–Kier alpha value is -3.66. The molecule has 1 atom stereocenters. The van der Waals surface area contributed by atoms with Crippen molar-refractivity contribution in [1.82, 2.24) is 10.2 Å². The third-order valence-corrected chi connectivity index (χ3v) is 5.46. The Balaban J connectivity index is 1.86. The van der Waals surface area contributed by atoms with E-state index in [1.54, 1.807) is 19.1 Å². The molecule has 0 aromatic heterocycles. The van der Waals surface area contributed by atoms with Gasteiger partial charge in [0.15, 0.2) is 0 Å². The molecule has 7 heteroatoms. The molecule has 7 nitrogen and oxygen atoms in total. The second-order valence-electron chi connectivity index (χ2n) is 8.11. The highest BCUT2D eigenvalue weighted by Gasteiger charge is 2.49. The van der Waals surface area contributed by atoms with Gasteiger partial charge < -0.3 is 10.2 Å². The topological polar surface area (TPSA) is 93.5 Å². The van der Waals surface area contributed by atoms with Crippen molar-refractivity contribution < 1.29 is 14.4 Å². The molecule has 1 fully saturated rings. The lowest BCUT2D eigenvalue weighted by Crippen LogP contribution is -2.45. The molecule has 1 aliphatic heterocycles. The number of urea groups is 1. The molecule has 31 heavy (non-hydrogen) atoms. The number of nitrogens with zero attached hydrogens (tertiary/aromatic N) is 3. The van der Waals surface area contributed by atoms with E-state index in [0.717, 1.165) is 21.6 Å². The van der Waals surface area contributed by atoms with Crippen molar-refractivity contribution in [2.75, 3.05) is 18.0 Å². The summed E-state index contributed by atoms with van der Waals surface area (Å²) in [4.78, 5) is 41.4. The number of anilines is 1. The van der Waals surface area contributed by atoms with Crippen LogP contribution in [0.25, 0.3) is 0 Å². The zero-order chi connectivity index (χ0) is 22.8. The molecule has 4 amide bonds. The zero-order valence-corrected chi connectivity index (χ0v) is 18.2. The van der Waals surface area contributed by atoms with Crippen molar-refractivity contribution >= 4 is 23.5 Å². The van der Waals surface area contributed by atoms with E-state index in [0.29, 0.717) is 11.3 Å². The van der Waals surface area contributed by atoms with Gasteiger partial charge in [-0.05, 0) is 56.5 Å². The Labute approximate surface area is 182 Å². The molecule has 2 aromatic carbocycles. The zero-order valence-electron chi connectivity index (χ0n) is 18.2. The first kappa shape index (κ1) is 22.0. The van der Waals surface area contributed by atoms with Crippen molar-refractivity contribution in [2.45, 2.75) is 39.7 Å². The van der Waals surface area contributed by atoms with Gasteiger partial charge in [-0.1, -0.05) is 35.9 Å². The van der Waals surface area contributed by atoms with Gasteiger partial charge in [-0.25, -0.2) is 4.79 Å². The Morgan fingerprint density at radius 1 is 1.06 bits per heavy atom. The number of nitriles is 1. The van der Waals surface area contributed by atoms with Gasteiger partial charge in [0.25, 0.3) is 5.91 Å². The van der Waals surface area contributed by atoms with Crippen LogP contribution in [0.2, 0.25) is 0 Å². The van der Waals surface area contributed by atoms with Crippen molar-refractivity contribution in [2.24, 2.45) is 0 Å². The minimum absolute atomic E-state index is 0.139. The first-order valence-electron chi connectivity index (χ1n) is 10.1. The average Bonchev–Trinajstić information content (AvgIpc) is 2.92. The van der Waals surface area contributed by atoms with E-state index in [1.807, 2.05) is 57.2 Å². The molecule has 0 bridgehead atoms. The van der Waals surface area contributed by atoms with Crippen molar-refractivity contribution in [3.63, 3.8) is 0 Å². The van der Waals surface area contributed by atoms with E-state index in [2.05, 4.69) is 5.32 Å². The molecular formula is C24H26N4O3. The highest BCUT2D eigenvalue weighted by molar-refractivity contribution is 6.10. The minimum Gasteiger partial charge on any atom is -0.319 e. The summed E-state index contributed by atoms with van der Waals surface area (Å²) >= 11 is 0. The average molecular weight is 418 g/mol. The van der Waals surface area contributed by atoms with Crippen LogP contribution in [-0.4, -0.2) is 35.8 Å². The number of rotatable bonds is 6. The predicted molar refractivity (Wildman–Crippen MR) is 117 cm³/mol. The van der Waals surface area contributed by atoms with Crippen LogP contribution in [0.15, 0.2) is 42.5 Å². The summed E-state index contributed by atoms with van der Waals surface area (Å²) in [5.41, 5.74) is 3.06. The lowest BCUT2D eigenvalue weighted by molar-refractivity contribution is -0.134. The maximum atomic E-state index is 13.2. The number of carbonyl (C=O) groups is 3. The van der Waals surface area contributed by atoms with Crippen LogP contribution in [0.5, 0.6) is 0 Å². The molecule has 0 radical (unpaired) electrons. The van der Waals surface area contributed by atoms with Crippen molar-refractivity contribution in [3.8, 4) is 6.07 Å². The lowest BCUT2D eigenvalue weighted by Gasteiger charge is -2.25. The molecule has 1 heterocycles. The number of imide groups is 1. The molecule has 0 aliphatic carbocycles. The summed E-state index contributed by atoms with van der Waals surface area (Å²) in [6.45, 7) is 7.21. The Kier molecular flexibility index (Phi) is 6.11. The Bertz CT molecular complexity index is 1050. The minimum atomic E-state index is -1.23. The van der Waals surface area contributed by atoms with E-state index >= 15 is 0 Å². The number of amides is 4. The molecule has 2 aromatic rings. The van der Waals surface area contributed by atoms with Crippen LogP contribution >= 0.6 is 0 Å². The third-order valence-electron chi connectivity index (χ3n) is 5.46. The van der Waals surface area contributed by atoms with E-state index in [1.165, 1.54) is 4.90 Å². The number of hydrogen-bond donors (Lipinski definition) is 1. The molecule has 1 N–H and O–H groups in total. The van der Waals surface area contributed by atoms with Crippen LogP contribution in [0.1, 0.15) is 35.6 Å². The number of hydrogen-bond acceptors (Lipinski definition) is 4. The molecule has 0 spiro atoms. The predicted octanol–water partition coefficient (Wildman–Crippen LogP) is 3.33. The molecule has 1 saturated heterocycles. The largest absolute Gasteiger partial charge is 0.325 e.